The van der Waals surface area contributed by atoms with Crippen LogP contribution >= 0.6 is 11.8 Å². The fourth-order valence-electron chi connectivity index (χ4n) is 2.32. The summed E-state index contributed by atoms with van der Waals surface area (Å²) >= 11 is 2.02. The Labute approximate surface area is 124 Å². The van der Waals surface area contributed by atoms with E-state index in [0.717, 1.165) is 11.5 Å². The molecule has 0 atom stereocenters. The first-order valence-corrected chi connectivity index (χ1v) is 7.95. The lowest BCUT2D eigenvalue weighted by molar-refractivity contribution is 0.0454. The first kappa shape index (κ1) is 15.5. The summed E-state index contributed by atoms with van der Waals surface area (Å²) in [4.78, 5) is 0. The van der Waals surface area contributed by atoms with Gasteiger partial charge in [0.15, 0.2) is 13.6 Å². The molecule has 5 heteroatoms. The summed E-state index contributed by atoms with van der Waals surface area (Å²) in [5.41, 5.74) is 1.26. The van der Waals surface area contributed by atoms with E-state index in [4.69, 9.17) is 18.9 Å². The highest BCUT2D eigenvalue weighted by molar-refractivity contribution is 7.99. The molecule has 0 saturated carbocycles. The van der Waals surface area contributed by atoms with Gasteiger partial charge in [-0.15, -0.1) is 0 Å². The Balaban J connectivity index is 2.15. The van der Waals surface area contributed by atoms with E-state index in [2.05, 4.69) is 6.07 Å². The quantitative estimate of drug-likeness (QED) is 0.722. The van der Waals surface area contributed by atoms with E-state index in [0.29, 0.717) is 5.92 Å². The zero-order chi connectivity index (χ0) is 14.2. The second-order valence-electron chi connectivity index (χ2n) is 4.69. The molecule has 0 N–H and O–H groups in total. The van der Waals surface area contributed by atoms with E-state index in [1.165, 1.54) is 29.9 Å². The van der Waals surface area contributed by atoms with E-state index in [1.54, 1.807) is 14.2 Å². The molecule has 20 heavy (non-hydrogen) atoms. The first-order valence-electron chi connectivity index (χ1n) is 6.80. The number of rotatable bonds is 7. The summed E-state index contributed by atoms with van der Waals surface area (Å²) in [7, 11) is 3.23. The molecule has 1 aliphatic rings. The van der Waals surface area contributed by atoms with Crippen LogP contribution in [0.25, 0.3) is 0 Å². The fourth-order valence-corrected chi connectivity index (χ4v) is 3.43. The normalized spacial score (nSPS) is 16.1. The SMILES string of the molecule is COCOc1ccc(C2CCSCC2)c(OCOC)c1. The molecule has 2 rings (SSSR count). The average molecular weight is 298 g/mol. The minimum absolute atomic E-state index is 0.239. The molecule has 0 aromatic heterocycles. The predicted octanol–water partition coefficient (Wildman–Crippen LogP) is 3.26. The van der Waals surface area contributed by atoms with Gasteiger partial charge in [-0.05, 0) is 41.9 Å². The van der Waals surface area contributed by atoms with Gasteiger partial charge in [0.1, 0.15) is 11.5 Å². The fraction of sp³-hybridized carbons (Fsp3) is 0.600. The molecule has 0 spiro atoms. The van der Waals surface area contributed by atoms with Gasteiger partial charge in [0.25, 0.3) is 0 Å². The van der Waals surface area contributed by atoms with Crippen LogP contribution in [0.1, 0.15) is 24.3 Å². The van der Waals surface area contributed by atoms with Crippen molar-refractivity contribution in [2.24, 2.45) is 0 Å². The summed E-state index contributed by atoms with van der Waals surface area (Å²) < 4.78 is 21.1. The van der Waals surface area contributed by atoms with Gasteiger partial charge in [-0.25, -0.2) is 0 Å². The first-order chi connectivity index (χ1) is 9.85. The molecule has 0 aliphatic carbocycles. The van der Waals surface area contributed by atoms with Crippen LogP contribution in [-0.4, -0.2) is 39.3 Å². The topological polar surface area (TPSA) is 36.9 Å². The molecule has 1 aromatic rings. The Hall–Kier alpha value is -0.910. The molecular weight excluding hydrogens is 276 g/mol. The van der Waals surface area contributed by atoms with Gasteiger partial charge < -0.3 is 18.9 Å². The maximum atomic E-state index is 5.71. The second kappa shape index (κ2) is 8.39. The van der Waals surface area contributed by atoms with E-state index in [-0.39, 0.29) is 13.6 Å². The van der Waals surface area contributed by atoms with E-state index in [9.17, 15) is 0 Å². The van der Waals surface area contributed by atoms with Crippen LogP contribution in [0.5, 0.6) is 11.5 Å². The molecular formula is C15H22O4S. The largest absolute Gasteiger partial charge is 0.467 e. The van der Waals surface area contributed by atoms with Crippen molar-refractivity contribution >= 4 is 11.8 Å². The van der Waals surface area contributed by atoms with Crippen LogP contribution in [0.2, 0.25) is 0 Å². The van der Waals surface area contributed by atoms with Crippen LogP contribution in [0.4, 0.5) is 0 Å². The third-order valence-corrected chi connectivity index (χ3v) is 4.37. The molecule has 0 radical (unpaired) electrons. The molecule has 112 valence electrons. The maximum Gasteiger partial charge on any atom is 0.188 e. The summed E-state index contributed by atoms with van der Waals surface area (Å²) in [6.07, 6.45) is 2.40. The molecule has 0 unspecified atom stereocenters. The average Bonchev–Trinajstić information content (AvgIpc) is 2.51. The van der Waals surface area contributed by atoms with Crippen molar-refractivity contribution in [3.63, 3.8) is 0 Å². The number of ether oxygens (including phenoxy) is 4. The van der Waals surface area contributed by atoms with Gasteiger partial charge >= 0.3 is 0 Å². The van der Waals surface area contributed by atoms with Crippen LogP contribution in [0.15, 0.2) is 18.2 Å². The van der Waals surface area contributed by atoms with Crippen molar-refractivity contribution in [3.8, 4) is 11.5 Å². The maximum absolute atomic E-state index is 5.71. The van der Waals surface area contributed by atoms with Crippen molar-refractivity contribution in [2.45, 2.75) is 18.8 Å². The molecule has 1 saturated heterocycles. The Morgan fingerprint density at radius 3 is 2.45 bits per heavy atom. The third-order valence-electron chi connectivity index (χ3n) is 3.32. The molecule has 1 aliphatic heterocycles. The highest BCUT2D eigenvalue weighted by Crippen LogP contribution is 2.38. The van der Waals surface area contributed by atoms with E-state index in [1.807, 2.05) is 23.9 Å². The van der Waals surface area contributed by atoms with Gasteiger partial charge in [-0.2, -0.15) is 11.8 Å². The Bertz CT molecular complexity index is 405. The lowest BCUT2D eigenvalue weighted by Gasteiger charge is -2.24. The minimum atomic E-state index is 0.239. The summed E-state index contributed by atoms with van der Waals surface area (Å²) in [5.74, 6) is 4.62. The number of hydrogen-bond acceptors (Lipinski definition) is 5. The van der Waals surface area contributed by atoms with Crippen molar-refractivity contribution in [2.75, 3.05) is 39.3 Å². The second-order valence-corrected chi connectivity index (χ2v) is 5.91. The van der Waals surface area contributed by atoms with Crippen LogP contribution in [0.3, 0.4) is 0 Å². The predicted molar refractivity (Wildman–Crippen MR) is 80.8 cm³/mol. The Morgan fingerprint density at radius 2 is 1.75 bits per heavy atom. The van der Waals surface area contributed by atoms with Gasteiger partial charge in [-0.1, -0.05) is 6.07 Å². The molecule has 4 nitrogen and oxygen atoms in total. The molecule has 1 heterocycles. The van der Waals surface area contributed by atoms with Crippen molar-refractivity contribution < 1.29 is 18.9 Å². The summed E-state index contributed by atoms with van der Waals surface area (Å²) in [6, 6.07) is 6.02. The van der Waals surface area contributed by atoms with Gasteiger partial charge in [0.2, 0.25) is 0 Å². The zero-order valence-electron chi connectivity index (χ0n) is 12.1. The van der Waals surface area contributed by atoms with E-state index >= 15 is 0 Å². The van der Waals surface area contributed by atoms with Gasteiger partial charge in [0, 0.05) is 20.3 Å². The van der Waals surface area contributed by atoms with Crippen LogP contribution < -0.4 is 9.47 Å². The lowest BCUT2D eigenvalue weighted by atomic mass is 9.92. The Morgan fingerprint density at radius 1 is 1.05 bits per heavy atom. The lowest BCUT2D eigenvalue weighted by Crippen LogP contribution is -2.11. The summed E-state index contributed by atoms with van der Waals surface area (Å²) in [6.45, 7) is 0.491. The van der Waals surface area contributed by atoms with Crippen molar-refractivity contribution in [3.05, 3.63) is 23.8 Å². The minimum Gasteiger partial charge on any atom is -0.467 e. The van der Waals surface area contributed by atoms with E-state index < -0.39 is 0 Å². The van der Waals surface area contributed by atoms with Gasteiger partial charge in [0.05, 0.1) is 0 Å². The van der Waals surface area contributed by atoms with Crippen molar-refractivity contribution in [1.29, 1.82) is 0 Å². The Kier molecular flexibility index (Phi) is 6.50. The molecule has 1 aromatic carbocycles. The van der Waals surface area contributed by atoms with Crippen LogP contribution in [-0.2, 0) is 9.47 Å². The third kappa shape index (κ3) is 4.30. The zero-order valence-corrected chi connectivity index (χ0v) is 12.9. The number of benzene rings is 1. The highest BCUT2D eigenvalue weighted by atomic mass is 32.2. The van der Waals surface area contributed by atoms with Gasteiger partial charge in [-0.3, -0.25) is 0 Å². The standard InChI is InChI=1S/C15H22O4S/c1-16-10-18-13-3-4-14(12-5-7-20-8-6-12)15(9-13)19-11-17-2/h3-4,9,12H,5-8,10-11H2,1-2H3. The van der Waals surface area contributed by atoms with Crippen molar-refractivity contribution in [1.82, 2.24) is 0 Å². The molecule has 1 fully saturated rings. The smallest absolute Gasteiger partial charge is 0.188 e. The molecule has 0 bridgehead atoms. The summed E-state index contributed by atoms with van der Waals surface area (Å²) in [5, 5.41) is 0. The molecule has 0 amide bonds. The number of methoxy groups -OCH3 is 2. The monoisotopic (exact) mass is 298 g/mol. The number of hydrogen-bond donors (Lipinski definition) is 0. The highest BCUT2D eigenvalue weighted by Gasteiger charge is 2.20. The van der Waals surface area contributed by atoms with Crippen LogP contribution in [0, 0.1) is 0 Å². The number of thioether (sulfide) groups is 1.